The van der Waals surface area contributed by atoms with Gasteiger partial charge in [0.05, 0.1) is 5.56 Å². The van der Waals surface area contributed by atoms with E-state index < -0.39 is 5.82 Å². The summed E-state index contributed by atoms with van der Waals surface area (Å²) in [5.41, 5.74) is 3.26. The molecule has 1 saturated carbocycles. The van der Waals surface area contributed by atoms with Gasteiger partial charge < -0.3 is 0 Å². The van der Waals surface area contributed by atoms with Crippen molar-refractivity contribution in [3.8, 4) is 17.2 Å². The molecular formula is C24H28FN. The fourth-order valence-corrected chi connectivity index (χ4v) is 4.32. The van der Waals surface area contributed by atoms with E-state index in [-0.39, 0.29) is 5.56 Å². The standard InChI is InChI=1S/C24H28FN/c1-3-18-4-8-20(9-5-18)17(2)14-19-6-10-21(11-7-19)22-12-13-23(16-26)24(25)15-22/h6-7,10-13,15,17-18,20H,3-5,8-9,14H2,1-2H3. The fourth-order valence-electron chi connectivity index (χ4n) is 4.32. The highest BCUT2D eigenvalue weighted by Crippen LogP contribution is 2.36. The Balaban J connectivity index is 1.63. The first-order chi connectivity index (χ1) is 12.6. The van der Waals surface area contributed by atoms with Gasteiger partial charge in [-0.25, -0.2) is 4.39 Å². The summed E-state index contributed by atoms with van der Waals surface area (Å²) in [7, 11) is 0. The van der Waals surface area contributed by atoms with Gasteiger partial charge in [0, 0.05) is 0 Å². The fraction of sp³-hybridized carbons (Fsp3) is 0.458. The third-order valence-corrected chi connectivity index (χ3v) is 6.21. The van der Waals surface area contributed by atoms with Crippen LogP contribution in [0.2, 0.25) is 0 Å². The van der Waals surface area contributed by atoms with Crippen molar-refractivity contribution in [1.82, 2.24) is 0 Å². The van der Waals surface area contributed by atoms with Gasteiger partial charge in [0.2, 0.25) is 0 Å². The first-order valence-corrected chi connectivity index (χ1v) is 9.89. The molecule has 0 aromatic heterocycles. The van der Waals surface area contributed by atoms with Crippen molar-refractivity contribution in [2.45, 2.75) is 52.4 Å². The number of nitrogens with zero attached hydrogens (tertiary/aromatic N) is 1. The minimum atomic E-state index is -0.453. The second kappa shape index (κ2) is 8.49. The van der Waals surface area contributed by atoms with Crippen molar-refractivity contribution >= 4 is 0 Å². The Labute approximate surface area is 156 Å². The zero-order valence-corrected chi connectivity index (χ0v) is 15.8. The first kappa shape index (κ1) is 18.6. The van der Waals surface area contributed by atoms with Crippen molar-refractivity contribution in [1.29, 1.82) is 5.26 Å². The Bertz CT molecular complexity index is 764. The number of nitriles is 1. The van der Waals surface area contributed by atoms with Gasteiger partial charge in [-0.05, 0) is 65.8 Å². The van der Waals surface area contributed by atoms with E-state index in [0.29, 0.717) is 5.92 Å². The predicted molar refractivity (Wildman–Crippen MR) is 105 cm³/mol. The van der Waals surface area contributed by atoms with Crippen molar-refractivity contribution in [2.24, 2.45) is 17.8 Å². The van der Waals surface area contributed by atoms with Crippen LogP contribution in [0.25, 0.3) is 11.1 Å². The molecule has 136 valence electrons. The summed E-state index contributed by atoms with van der Waals surface area (Å²) in [5, 5.41) is 8.85. The molecule has 1 aliphatic carbocycles. The predicted octanol–water partition coefficient (Wildman–Crippen LogP) is 6.76. The summed E-state index contributed by atoms with van der Waals surface area (Å²) >= 11 is 0. The highest BCUT2D eigenvalue weighted by atomic mass is 19.1. The van der Waals surface area contributed by atoms with Gasteiger partial charge in [-0.3, -0.25) is 0 Å². The Morgan fingerprint density at radius 2 is 1.69 bits per heavy atom. The van der Waals surface area contributed by atoms with Gasteiger partial charge >= 0.3 is 0 Å². The molecule has 0 spiro atoms. The molecule has 1 atom stereocenters. The number of halogens is 1. The lowest BCUT2D eigenvalue weighted by molar-refractivity contribution is 0.210. The lowest BCUT2D eigenvalue weighted by Crippen LogP contribution is -2.21. The van der Waals surface area contributed by atoms with Crippen LogP contribution in [0.1, 0.15) is 57.1 Å². The maximum atomic E-state index is 13.8. The molecule has 26 heavy (non-hydrogen) atoms. The highest BCUT2D eigenvalue weighted by Gasteiger charge is 2.24. The Kier molecular flexibility index (Phi) is 6.09. The Hall–Kier alpha value is -2.14. The third-order valence-electron chi connectivity index (χ3n) is 6.21. The number of hydrogen-bond donors (Lipinski definition) is 0. The molecule has 2 aromatic rings. The minimum Gasteiger partial charge on any atom is -0.206 e. The summed E-state index contributed by atoms with van der Waals surface area (Å²) in [6, 6.07) is 15.1. The van der Waals surface area contributed by atoms with Crippen LogP contribution in [-0.4, -0.2) is 0 Å². The molecule has 1 fully saturated rings. The van der Waals surface area contributed by atoms with Crippen LogP contribution in [0.3, 0.4) is 0 Å². The SMILES string of the molecule is CCC1CCC(C(C)Cc2ccc(-c3ccc(C#N)c(F)c3)cc2)CC1. The summed E-state index contributed by atoms with van der Waals surface area (Å²) in [5.74, 6) is 2.06. The van der Waals surface area contributed by atoms with E-state index in [1.54, 1.807) is 6.07 Å². The van der Waals surface area contributed by atoms with Crippen molar-refractivity contribution in [2.75, 3.05) is 0 Å². The molecule has 1 aliphatic rings. The zero-order valence-electron chi connectivity index (χ0n) is 15.8. The largest absolute Gasteiger partial charge is 0.206 e. The number of hydrogen-bond acceptors (Lipinski definition) is 1. The summed E-state index contributed by atoms with van der Waals surface area (Å²) in [6.07, 6.45) is 8.00. The van der Waals surface area contributed by atoms with E-state index >= 15 is 0 Å². The van der Waals surface area contributed by atoms with Crippen molar-refractivity contribution in [3.05, 3.63) is 59.4 Å². The van der Waals surface area contributed by atoms with Gasteiger partial charge in [0.1, 0.15) is 11.9 Å². The van der Waals surface area contributed by atoms with Crippen LogP contribution in [-0.2, 0) is 6.42 Å². The normalized spacial score (nSPS) is 21.2. The van der Waals surface area contributed by atoms with E-state index in [0.717, 1.165) is 29.4 Å². The molecule has 0 aliphatic heterocycles. The molecule has 0 N–H and O–H groups in total. The van der Waals surface area contributed by atoms with Crippen molar-refractivity contribution in [3.63, 3.8) is 0 Å². The number of benzene rings is 2. The van der Waals surface area contributed by atoms with Gasteiger partial charge in [-0.1, -0.05) is 63.4 Å². The van der Waals surface area contributed by atoms with Gasteiger partial charge in [0.25, 0.3) is 0 Å². The third kappa shape index (κ3) is 4.33. The lowest BCUT2D eigenvalue weighted by atomic mass is 9.74. The zero-order chi connectivity index (χ0) is 18.5. The topological polar surface area (TPSA) is 23.8 Å². The summed E-state index contributed by atoms with van der Waals surface area (Å²) in [6.45, 7) is 4.70. The number of rotatable bonds is 5. The molecule has 2 heteroatoms. The molecule has 1 unspecified atom stereocenters. The molecule has 0 bridgehead atoms. The van der Waals surface area contributed by atoms with E-state index in [1.807, 2.05) is 12.1 Å². The smallest absolute Gasteiger partial charge is 0.141 e. The lowest BCUT2D eigenvalue weighted by Gasteiger charge is -2.32. The molecule has 0 heterocycles. The second-order valence-corrected chi connectivity index (χ2v) is 7.87. The Morgan fingerprint density at radius 3 is 2.27 bits per heavy atom. The average molecular weight is 349 g/mol. The highest BCUT2D eigenvalue weighted by molar-refractivity contribution is 5.64. The summed E-state index contributed by atoms with van der Waals surface area (Å²) < 4.78 is 13.8. The van der Waals surface area contributed by atoms with E-state index in [1.165, 1.54) is 43.7 Å². The van der Waals surface area contributed by atoms with E-state index in [9.17, 15) is 4.39 Å². The minimum absolute atomic E-state index is 0.0944. The van der Waals surface area contributed by atoms with Crippen LogP contribution >= 0.6 is 0 Å². The van der Waals surface area contributed by atoms with Gasteiger partial charge in [0.15, 0.2) is 0 Å². The molecule has 0 saturated heterocycles. The second-order valence-electron chi connectivity index (χ2n) is 7.87. The molecule has 1 nitrogen and oxygen atoms in total. The average Bonchev–Trinajstić information content (AvgIpc) is 2.68. The Morgan fingerprint density at radius 1 is 1.04 bits per heavy atom. The molecule has 0 radical (unpaired) electrons. The van der Waals surface area contributed by atoms with Gasteiger partial charge in [-0.2, -0.15) is 5.26 Å². The van der Waals surface area contributed by atoms with Crippen LogP contribution in [0.4, 0.5) is 4.39 Å². The van der Waals surface area contributed by atoms with E-state index in [2.05, 4.69) is 38.1 Å². The van der Waals surface area contributed by atoms with E-state index in [4.69, 9.17) is 5.26 Å². The quantitative estimate of drug-likeness (QED) is 0.585. The van der Waals surface area contributed by atoms with Gasteiger partial charge in [-0.15, -0.1) is 0 Å². The molecule has 2 aromatic carbocycles. The van der Waals surface area contributed by atoms with Crippen LogP contribution in [0, 0.1) is 34.9 Å². The van der Waals surface area contributed by atoms with Crippen LogP contribution in [0.5, 0.6) is 0 Å². The molecular weight excluding hydrogens is 321 g/mol. The summed E-state index contributed by atoms with van der Waals surface area (Å²) in [4.78, 5) is 0. The van der Waals surface area contributed by atoms with Crippen LogP contribution in [0.15, 0.2) is 42.5 Å². The maximum Gasteiger partial charge on any atom is 0.141 e. The molecule has 3 rings (SSSR count). The monoisotopic (exact) mass is 349 g/mol. The van der Waals surface area contributed by atoms with Crippen LogP contribution < -0.4 is 0 Å². The maximum absolute atomic E-state index is 13.8. The first-order valence-electron chi connectivity index (χ1n) is 9.89. The molecule has 0 amide bonds. The van der Waals surface area contributed by atoms with Crippen molar-refractivity contribution < 1.29 is 4.39 Å².